The van der Waals surface area contributed by atoms with E-state index in [1.165, 1.54) is 85.5 Å². The molecular weight excluding hydrogens is 488 g/mol. The van der Waals surface area contributed by atoms with Crippen LogP contribution in [0.2, 0.25) is 0 Å². The Hall–Kier alpha value is -4.72. The maximum atomic E-state index is 2.38. The van der Waals surface area contributed by atoms with E-state index in [-0.39, 0.29) is 0 Å². The number of hydrogen-bond acceptors (Lipinski definition) is 1. The van der Waals surface area contributed by atoms with E-state index in [9.17, 15) is 0 Å². The first-order chi connectivity index (χ1) is 19.3. The molecule has 0 spiro atoms. The molecule has 0 aliphatic carbocycles. The van der Waals surface area contributed by atoms with Gasteiger partial charge in [-0.15, -0.1) is 11.3 Å². The molecule has 0 fully saturated rings. The van der Waals surface area contributed by atoms with Gasteiger partial charge in [-0.25, -0.2) is 0 Å². The Labute approximate surface area is 229 Å². The Kier molecular flexibility index (Phi) is 4.30. The van der Waals surface area contributed by atoms with Gasteiger partial charge in [0.05, 0.1) is 0 Å². The molecule has 39 heavy (non-hydrogen) atoms. The van der Waals surface area contributed by atoms with Gasteiger partial charge in [-0.05, 0) is 102 Å². The first-order valence-electron chi connectivity index (χ1n) is 13.4. The number of rotatable bonds is 2. The van der Waals surface area contributed by atoms with E-state index in [4.69, 9.17) is 0 Å². The quantitative estimate of drug-likeness (QED) is 0.203. The van der Waals surface area contributed by atoms with Crippen molar-refractivity contribution >= 4 is 74.6 Å². The summed E-state index contributed by atoms with van der Waals surface area (Å²) < 4.78 is 2.74. The fourth-order valence-electron chi connectivity index (χ4n) is 6.51. The van der Waals surface area contributed by atoms with E-state index in [1.807, 2.05) is 11.3 Å². The van der Waals surface area contributed by atoms with Crippen LogP contribution in [0.1, 0.15) is 0 Å². The van der Waals surface area contributed by atoms with Gasteiger partial charge in [0, 0.05) is 20.2 Å². The van der Waals surface area contributed by atoms with Crippen molar-refractivity contribution in [1.82, 2.24) is 0 Å². The van der Waals surface area contributed by atoms with Gasteiger partial charge in [0.2, 0.25) is 0 Å². The Balaban J connectivity index is 1.20. The van der Waals surface area contributed by atoms with Crippen LogP contribution < -0.4 is 0 Å². The van der Waals surface area contributed by atoms with Gasteiger partial charge in [0.15, 0.2) is 0 Å². The molecule has 0 aliphatic rings. The molecule has 0 radical (unpaired) electrons. The second kappa shape index (κ2) is 7.89. The molecule has 0 N–H and O–H groups in total. The second-order valence-electron chi connectivity index (χ2n) is 10.6. The lowest BCUT2D eigenvalue weighted by Gasteiger charge is -2.12. The molecule has 8 aromatic carbocycles. The molecule has 0 bridgehead atoms. The van der Waals surface area contributed by atoms with Crippen molar-refractivity contribution in [3.05, 3.63) is 133 Å². The molecule has 0 nitrogen and oxygen atoms in total. The van der Waals surface area contributed by atoms with E-state index in [1.54, 1.807) is 0 Å². The summed E-state index contributed by atoms with van der Waals surface area (Å²) in [6.45, 7) is 0. The van der Waals surface area contributed by atoms with Crippen molar-refractivity contribution in [2.45, 2.75) is 0 Å². The van der Waals surface area contributed by atoms with Crippen LogP contribution in [0.5, 0.6) is 0 Å². The molecule has 0 amide bonds. The van der Waals surface area contributed by atoms with Crippen LogP contribution in [0.15, 0.2) is 133 Å². The number of thiophene rings is 1. The molecule has 1 aromatic heterocycles. The highest BCUT2D eigenvalue weighted by Gasteiger charge is 2.14. The van der Waals surface area contributed by atoms with Crippen LogP contribution in [0.25, 0.3) is 85.5 Å². The summed E-state index contributed by atoms with van der Waals surface area (Å²) in [6.07, 6.45) is 0. The first kappa shape index (κ1) is 21.2. The highest BCUT2D eigenvalue weighted by atomic mass is 32.1. The Morgan fingerprint density at radius 1 is 0.333 bits per heavy atom. The van der Waals surface area contributed by atoms with Crippen LogP contribution in [0.4, 0.5) is 0 Å². The van der Waals surface area contributed by atoms with Crippen LogP contribution in [-0.4, -0.2) is 0 Å². The van der Waals surface area contributed by atoms with Gasteiger partial charge >= 0.3 is 0 Å². The minimum atomic E-state index is 1.26. The summed E-state index contributed by atoms with van der Waals surface area (Å²) in [6, 6.07) is 49.6. The lowest BCUT2D eigenvalue weighted by Crippen LogP contribution is -1.86. The standard InChI is InChI=1S/C38H22S/c1-2-8-31-27(6-1)21-34(33-10-4-3-9-32(31)33)28-16-15-24-18-26(14-13-25(24)19-28)30-20-29-17-12-23-7-5-11-35-37(23)38(29)36(22-30)39-35/h1-22H. The predicted molar refractivity (Wildman–Crippen MR) is 171 cm³/mol. The zero-order chi connectivity index (χ0) is 25.5. The number of hydrogen-bond donors (Lipinski definition) is 0. The topological polar surface area (TPSA) is 0 Å². The largest absolute Gasteiger partial charge is 0.135 e. The molecule has 0 saturated heterocycles. The summed E-state index contributed by atoms with van der Waals surface area (Å²) >= 11 is 1.90. The summed E-state index contributed by atoms with van der Waals surface area (Å²) in [5.74, 6) is 0. The second-order valence-corrected chi connectivity index (χ2v) is 11.6. The van der Waals surface area contributed by atoms with E-state index in [2.05, 4.69) is 133 Å². The molecular formula is C38H22S. The fourth-order valence-corrected chi connectivity index (χ4v) is 7.72. The molecule has 0 saturated carbocycles. The van der Waals surface area contributed by atoms with E-state index >= 15 is 0 Å². The zero-order valence-electron chi connectivity index (χ0n) is 21.1. The van der Waals surface area contributed by atoms with Gasteiger partial charge < -0.3 is 0 Å². The third-order valence-electron chi connectivity index (χ3n) is 8.36. The molecule has 180 valence electrons. The van der Waals surface area contributed by atoms with Crippen molar-refractivity contribution in [3.8, 4) is 22.3 Å². The maximum Gasteiger partial charge on any atom is 0.0367 e. The summed E-state index contributed by atoms with van der Waals surface area (Å²) in [7, 11) is 0. The average molecular weight is 511 g/mol. The highest BCUT2D eigenvalue weighted by Crippen LogP contribution is 2.43. The average Bonchev–Trinajstić information content (AvgIpc) is 3.38. The lowest BCUT2D eigenvalue weighted by molar-refractivity contribution is 1.68. The van der Waals surface area contributed by atoms with Crippen LogP contribution in [0.3, 0.4) is 0 Å². The molecule has 0 aliphatic heterocycles. The molecule has 9 rings (SSSR count). The molecule has 0 unspecified atom stereocenters. The van der Waals surface area contributed by atoms with Crippen LogP contribution in [0, 0.1) is 0 Å². The Morgan fingerprint density at radius 2 is 0.974 bits per heavy atom. The zero-order valence-corrected chi connectivity index (χ0v) is 21.9. The van der Waals surface area contributed by atoms with Crippen molar-refractivity contribution in [3.63, 3.8) is 0 Å². The van der Waals surface area contributed by atoms with E-state index in [0.29, 0.717) is 0 Å². The minimum Gasteiger partial charge on any atom is -0.135 e. The van der Waals surface area contributed by atoms with Crippen molar-refractivity contribution in [1.29, 1.82) is 0 Å². The summed E-state index contributed by atoms with van der Waals surface area (Å²) in [5.41, 5.74) is 5.09. The normalized spacial score (nSPS) is 12.1. The third-order valence-corrected chi connectivity index (χ3v) is 9.46. The highest BCUT2D eigenvalue weighted by molar-refractivity contribution is 7.26. The Morgan fingerprint density at radius 3 is 1.87 bits per heavy atom. The van der Waals surface area contributed by atoms with Crippen LogP contribution in [-0.2, 0) is 0 Å². The molecule has 0 atom stereocenters. The smallest absolute Gasteiger partial charge is 0.0367 e. The first-order valence-corrected chi connectivity index (χ1v) is 14.2. The van der Waals surface area contributed by atoms with Gasteiger partial charge in [0.25, 0.3) is 0 Å². The van der Waals surface area contributed by atoms with Gasteiger partial charge in [-0.2, -0.15) is 0 Å². The van der Waals surface area contributed by atoms with Crippen molar-refractivity contribution in [2.75, 3.05) is 0 Å². The van der Waals surface area contributed by atoms with Gasteiger partial charge in [0.1, 0.15) is 0 Å². The summed E-state index contributed by atoms with van der Waals surface area (Å²) in [5, 5.41) is 13.2. The SMILES string of the molecule is c1ccc2c(c1)cc(-c1ccc3cc(-c4cc5ccc6cccc7sc(c4)c5c67)ccc3c1)c1ccccc12. The van der Waals surface area contributed by atoms with Crippen LogP contribution >= 0.6 is 11.3 Å². The maximum absolute atomic E-state index is 2.38. The van der Waals surface area contributed by atoms with E-state index in [0.717, 1.165) is 0 Å². The molecule has 1 heterocycles. The van der Waals surface area contributed by atoms with Crippen molar-refractivity contribution in [2.24, 2.45) is 0 Å². The Bertz CT molecular complexity index is 2390. The minimum absolute atomic E-state index is 1.26. The van der Waals surface area contributed by atoms with Gasteiger partial charge in [-0.3, -0.25) is 0 Å². The third kappa shape index (κ3) is 3.11. The van der Waals surface area contributed by atoms with E-state index < -0.39 is 0 Å². The van der Waals surface area contributed by atoms with Crippen molar-refractivity contribution < 1.29 is 0 Å². The predicted octanol–water partition coefficient (Wildman–Crippen LogP) is 11.4. The molecule has 9 aromatic rings. The molecule has 1 heteroatoms. The lowest BCUT2D eigenvalue weighted by atomic mass is 9.91. The fraction of sp³-hybridized carbons (Fsp3) is 0. The summed E-state index contributed by atoms with van der Waals surface area (Å²) in [4.78, 5) is 0. The van der Waals surface area contributed by atoms with Gasteiger partial charge in [-0.1, -0.05) is 97.1 Å². The monoisotopic (exact) mass is 510 g/mol. The number of fused-ring (bicyclic) bond motifs is 4. The number of benzene rings is 8.